The quantitative estimate of drug-likeness (QED) is 0.0366. The number of imidazole rings is 1. The molecule has 0 aliphatic heterocycles. The van der Waals surface area contributed by atoms with Crippen molar-refractivity contribution in [3.63, 3.8) is 0 Å². The maximum atomic E-state index is 12.4. The molecule has 0 radical (unpaired) electrons. The van der Waals surface area contributed by atoms with E-state index in [4.69, 9.17) is 9.47 Å². The van der Waals surface area contributed by atoms with Gasteiger partial charge in [0.15, 0.2) is 0 Å². The molecule has 1 heterocycles. The van der Waals surface area contributed by atoms with Crippen molar-refractivity contribution in [3.8, 4) is 0 Å². The molecule has 1 aromatic rings. The van der Waals surface area contributed by atoms with Crippen molar-refractivity contribution in [2.24, 2.45) is 0 Å². The lowest BCUT2D eigenvalue weighted by molar-refractivity contribution is -0.143. The van der Waals surface area contributed by atoms with E-state index in [0.717, 1.165) is 24.6 Å². The molecule has 0 bridgehead atoms. The lowest BCUT2D eigenvalue weighted by atomic mass is 10.1. The summed E-state index contributed by atoms with van der Waals surface area (Å²) >= 11 is 0. The SMILES string of the molecule is CCCCCCCCCCCCSSCCOC(=O)CCN(CCC(=O)OCCSSCCCCCCCCCCCC)CCn1ccnc1. The molecule has 11 heteroatoms. The van der Waals surface area contributed by atoms with E-state index in [9.17, 15) is 9.59 Å². The fraction of sp³-hybridized carbons (Fsp3) is 0.872. The number of esters is 2. The molecule has 1 aromatic heterocycles. The van der Waals surface area contributed by atoms with E-state index in [1.165, 1.54) is 140 Å². The van der Waals surface area contributed by atoms with Gasteiger partial charge in [0, 0.05) is 61.6 Å². The Morgan fingerprint density at radius 2 is 0.960 bits per heavy atom. The Kier molecular flexibility index (Phi) is 36.4. The number of ether oxygens (including phenoxy) is 2. The highest BCUT2D eigenvalue weighted by Gasteiger charge is 2.13. The molecule has 0 atom stereocenters. The largest absolute Gasteiger partial charge is 0.465 e. The highest BCUT2D eigenvalue weighted by Crippen LogP contribution is 2.24. The van der Waals surface area contributed by atoms with Crippen LogP contribution in [-0.4, -0.2) is 82.2 Å². The van der Waals surface area contributed by atoms with E-state index < -0.39 is 0 Å². The smallest absolute Gasteiger partial charge is 0.307 e. The summed E-state index contributed by atoms with van der Waals surface area (Å²) in [4.78, 5) is 31.2. The van der Waals surface area contributed by atoms with Gasteiger partial charge in [-0.1, -0.05) is 173 Å². The van der Waals surface area contributed by atoms with Crippen LogP contribution in [0.15, 0.2) is 18.7 Å². The van der Waals surface area contributed by atoms with Crippen molar-refractivity contribution in [2.45, 2.75) is 162 Å². The van der Waals surface area contributed by atoms with Crippen LogP contribution in [0, 0.1) is 0 Å². The van der Waals surface area contributed by atoms with Gasteiger partial charge in [-0.25, -0.2) is 4.98 Å². The normalized spacial score (nSPS) is 11.4. The maximum absolute atomic E-state index is 12.4. The van der Waals surface area contributed by atoms with Gasteiger partial charge in [0.05, 0.1) is 19.2 Å². The third kappa shape index (κ3) is 33.4. The van der Waals surface area contributed by atoms with Crippen molar-refractivity contribution in [3.05, 3.63) is 18.7 Å². The first-order valence-corrected chi connectivity index (χ1v) is 25.1. The zero-order chi connectivity index (χ0) is 36.0. The maximum Gasteiger partial charge on any atom is 0.307 e. The van der Waals surface area contributed by atoms with E-state index >= 15 is 0 Å². The molecule has 0 spiro atoms. The first-order chi connectivity index (χ1) is 24.7. The second-order valence-electron chi connectivity index (χ2n) is 13.2. The topological polar surface area (TPSA) is 73.7 Å². The lowest BCUT2D eigenvalue weighted by Crippen LogP contribution is -2.32. The van der Waals surface area contributed by atoms with E-state index in [0.29, 0.717) is 39.1 Å². The molecular weight excluding hydrogens is 703 g/mol. The Morgan fingerprint density at radius 1 is 0.560 bits per heavy atom. The van der Waals surface area contributed by atoms with Gasteiger partial charge in [-0.05, 0) is 12.8 Å². The molecule has 292 valence electrons. The molecule has 0 saturated heterocycles. The number of carbonyl (C=O) groups excluding carboxylic acids is 2. The van der Waals surface area contributed by atoms with E-state index in [2.05, 4.69) is 23.7 Å². The number of aromatic nitrogens is 2. The van der Waals surface area contributed by atoms with Crippen molar-refractivity contribution in [2.75, 3.05) is 55.9 Å². The van der Waals surface area contributed by atoms with Crippen LogP contribution in [0.25, 0.3) is 0 Å². The highest BCUT2D eigenvalue weighted by atomic mass is 33.1. The Labute approximate surface area is 323 Å². The molecule has 0 saturated carbocycles. The number of rotatable bonds is 39. The van der Waals surface area contributed by atoms with E-state index in [-0.39, 0.29) is 11.9 Å². The van der Waals surface area contributed by atoms with Crippen LogP contribution in [0.1, 0.15) is 155 Å². The number of hydrogen-bond acceptors (Lipinski definition) is 10. The predicted molar refractivity (Wildman–Crippen MR) is 223 cm³/mol. The number of hydrogen-bond donors (Lipinski definition) is 0. The van der Waals surface area contributed by atoms with Crippen molar-refractivity contribution < 1.29 is 19.1 Å². The Morgan fingerprint density at radius 3 is 1.36 bits per heavy atom. The van der Waals surface area contributed by atoms with Crippen LogP contribution < -0.4 is 0 Å². The predicted octanol–water partition coefficient (Wildman–Crippen LogP) is 11.7. The average Bonchev–Trinajstić information content (AvgIpc) is 3.65. The third-order valence-electron chi connectivity index (χ3n) is 8.69. The van der Waals surface area contributed by atoms with Gasteiger partial charge >= 0.3 is 11.9 Å². The highest BCUT2D eigenvalue weighted by molar-refractivity contribution is 8.77. The van der Waals surface area contributed by atoms with Crippen molar-refractivity contribution in [1.82, 2.24) is 14.5 Å². The molecule has 0 aliphatic carbocycles. The van der Waals surface area contributed by atoms with Crippen LogP contribution in [0.3, 0.4) is 0 Å². The van der Waals surface area contributed by atoms with Crippen LogP contribution in [0.5, 0.6) is 0 Å². The number of carbonyl (C=O) groups is 2. The van der Waals surface area contributed by atoms with Gasteiger partial charge < -0.3 is 18.9 Å². The zero-order valence-corrected chi connectivity index (χ0v) is 35.2. The molecule has 0 aromatic carbocycles. The summed E-state index contributed by atoms with van der Waals surface area (Å²) in [5.41, 5.74) is 0. The van der Waals surface area contributed by atoms with Crippen molar-refractivity contribution in [1.29, 1.82) is 0 Å². The van der Waals surface area contributed by atoms with Crippen molar-refractivity contribution >= 4 is 55.1 Å². The summed E-state index contributed by atoms with van der Waals surface area (Å²) in [5.74, 6) is 3.63. The van der Waals surface area contributed by atoms with Gasteiger partial charge in [0.1, 0.15) is 13.2 Å². The minimum atomic E-state index is -0.173. The van der Waals surface area contributed by atoms with Gasteiger partial charge in [0.2, 0.25) is 0 Å². The summed E-state index contributed by atoms with van der Waals surface area (Å²) in [6.45, 7) is 8.05. The minimum Gasteiger partial charge on any atom is -0.465 e. The molecular formula is C39H73N3O4S4. The fourth-order valence-corrected chi connectivity index (χ4v) is 9.51. The average molecular weight is 776 g/mol. The monoisotopic (exact) mass is 775 g/mol. The number of nitrogens with zero attached hydrogens (tertiary/aromatic N) is 3. The molecule has 1 rings (SSSR count). The second kappa shape index (κ2) is 38.2. The second-order valence-corrected chi connectivity index (χ2v) is 18.6. The molecule has 0 fully saturated rings. The van der Waals surface area contributed by atoms with Gasteiger partial charge in [-0.3, -0.25) is 9.59 Å². The third-order valence-corrected chi connectivity index (χ3v) is 13.6. The molecule has 0 amide bonds. The van der Waals surface area contributed by atoms with Gasteiger partial charge in [0.25, 0.3) is 0 Å². The molecule has 7 nitrogen and oxygen atoms in total. The van der Waals surface area contributed by atoms with E-state index in [1.54, 1.807) is 34.1 Å². The summed E-state index contributed by atoms with van der Waals surface area (Å²) in [6.07, 6.45) is 33.4. The molecule has 0 unspecified atom stereocenters. The Bertz CT molecular complexity index is 816. The lowest BCUT2D eigenvalue weighted by Gasteiger charge is -2.21. The van der Waals surface area contributed by atoms with Gasteiger partial charge in [-0.15, -0.1) is 0 Å². The zero-order valence-electron chi connectivity index (χ0n) is 32.0. The summed E-state index contributed by atoms with van der Waals surface area (Å²) in [6, 6.07) is 0. The molecule has 0 aliphatic rings. The first-order valence-electron chi connectivity index (χ1n) is 20.1. The summed E-state index contributed by atoms with van der Waals surface area (Å²) < 4.78 is 13.0. The summed E-state index contributed by atoms with van der Waals surface area (Å²) in [5, 5.41) is 0. The molecule has 50 heavy (non-hydrogen) atoms. The standard InChI is InChI=1S/C39H73N3O4S4/c1-3-5-7-9-11-13-15-17-19-21-33-47-49-35-31-45-38(43)23-26-41(29-30-42-28-25-40-37-42)27-24-39(44)46-32-36-50-48-34-22-20-18-16-14-12-10-8-6-4-2/h25,28,37H,3-24,26-27,29-36H2,1-2H3. The van der Waals surface area contributed by atoms with Crippen LogP contribution >= 0.6 is 43.2 Å². The Balaban J connectivity index is 2.06. The summed E-state index contributed by atoms with van der Waals surface area (Å²) in [7, 11) is 7.39. The molecule has 0 N–H and O–H groups in total. The number of unbranched alkanes of at least 4 members (excludes halogenated alkanes) is 18. The van der Waals surface area contributed by atoms with Crippen LogP contribution in [-0.2, 0) is 25.6 Å². The first kappa shape index (κ1) is 47.5. The fourth-order valence-electron chi connectivity index (χ4n) is 5.57. The Hall–Kier alpha value is -0.490. The minimum absolute atomic E-state index is 0.173. The van der Waals surface area contributed by atoms with E-state index in [1.807, 2.05) is 32.4 Å². The van der Waals surface area contributed by atoms with Crippen LogP contribution in [0.4, 0.5) is 0 Å². The van der Waals surface area contributed by atoms with Crippen LogP contribution in [0.2, 0.25) is 0 Å². The van der Waals surface area contributed by atoms with Gasteiger partial charge in [-0.2, -0.15) is 0 Å².